The minimum atomic E-state index is -0.982. The summed E-state index contributed by atoms with van der Waals surface area (Å²) in [5.41, 5.74) is 2.95. The van der Waals surface area contributed by atoms with Gasteiger partial charge in [-0.3, -0.25) is 0 Å². The van der Waals surface area contributed by atoms with Gasteiger partial charge >= 0.3 is 0 Å². The van der Waals surface area contributed by atoms with E-state index in [0.717, 1.165) is 0 Å². The maximum absolute atomic E-state index is 4.96. The minimum Gasteiger partial charge on any atom is -0.328 e. The first-order valence-corrected chi connectivity index (χ1v) is 4.58. The lowest BCUT2D eigenvalue weighted by Crippen LogP contribution is -1.99. The summed E-state index contributed by atoms with van der Waals surface area (Å²) in [5.74, 6) is 3.05. The highest BCUT2D eigenvalue weighted by molar-refractivity contribution is 7.52. The van der Waals surface area contributed by atoms with Crippen molar-refractivity contribution in [3.8, 4) is 11.6 Å². The molecule has 0 radical (unpaired) electrons. The van der Waals surface area contributed by atoms with Crippen molar-refractivity contribution in [1.82, 2.24) is 0 Å². The first-order valence-electron chi connectivity index (χ1n) is 3.41. The molecule has 0 aliphatic rings. The second kappa shape index (κ2) is 4.72. The molecule has 64 valence electrons. The molecule has 0 aromatic heterocycles. The molecule has 0 fully saturated rings. The van der Waals surface area contributed by atoms with Crippen LogP contribution in [0.2, 0.25) is 0 Å². The first-order chi connectivity index (χ1) is 4.99. The summed E-state index contributed by atoms with van der Waals surface area (Å²) in [4.78, 5) is 0. The van der Waals surface area contributed by atoms with E-state index in [2.05, 4.69) is 32.4 Å². The van der Waals surface area contributed by atoms with Crippen LogP contribution < -0.4 is 0 Å². The molecule has 0 atom stereocenters. The molecule has 0 saturated heterocycles. The van der Waals surface area contributed by atoms with Gasteiger partial charge in [-0.1, -0.05) is 5.92 Å². The molecule has 2 nitrogen and oxygen atoms in total. The number of hydrogen-bond donors (Lipinski definition) is 0. The van der Waals surface area contributed by atoms with E-state index in [-0.39, 0.29) is 5.41 Å². The van der Waals surface area contributed by atoms with Crippen molar-refractivity contribution in [2.24, 2.45) is 5.41 Å². The Balaban J connectivity index is 4.04. The second-order valence-electron chi connectivity index (χ2n) is 3.11. The Morgan fingerprint density at radius 3 is 1.82 bits per heavy atom. The minimum absolute atomic E-state index is 0.0254. The van der Waals surface area contributed by atoms with E-state index in [1.165, 1.54) is 0 Å². The zero-order chi connectivity index (χ0) is 8.91. The smallest absolute Gasteiger partial charge is 0.256 e. The molecule has 0 aliphatic heterocycles. The molecule has 0 saturated carbocycles. The molecule has 0 amide bonds. The van der Waals surface area contributed by atoms with Crippen molar-refractivity contribution in [2.75, 3.05) is 14.2 Å². The molecule has 0 spiro atoms. The van der Waals surface area contributed by atoms with Gasteiger partial charge in [0, 0.05) is 19.6 Å². The third kappa shape index (κ3) is 6.31. The van der Waals surface area contributed by atoms with Crippen LogP contribution in [0.3, 0.4) is 0 Å². The van der Waals surface area contributed by atoms with E-state index in [4.69, 9.17) is 9.05 Å². The van der Waals surface area contributed by atoms with Crippen molar-refractivity contribution in [3.05, 3.63) is 0 Å². The fourth-order valence-electron chi connectivity index (χ4n) is 0.379. The van der Waals surface area contributed by atoms with E-state index in [0.29, 0.717) is 0 Å². The largest absolute Gasteiger partial charge is 0.328 e. The van der Waals surface area contributed by atoms with Crippen LogP contribution >= 0.6 is 8.38 Å². The van der Waals surface area contributed by atoms with Gasteiger partial charge in [-0.25, -0.2) is 0 Å². The lowest BCUT2D eigenvalue weighted by molar-refractivity contribution is 0.351. The van der Waals surface area contributed by atoms with E-state index in [1.54, 1.807) is 14.2 Å². The third-order valence-corrected chi connectivity index (χ3v) is 1.81. The number of hydrogen-bond acceptors (Lipinski definition) is 2. The van der Waals surface area contributed by atoms with E-state index in [1.807, 2.05) is 0 Å². The fraction of sp³-hybridized carbons (Fsp3) is 0.750. The molecule has 3 heteroatoms. The van der Waals surface area contributed by atoms with Crippen LogP contribution in [0.5, 0.6) is 0 Å². The topological polar surface area (TPSA) is 18.5 Å². The van der Waals surface area contributed by atoms with Gasteiger partial charge < -0.3 is 9.05 Å². The Hall–Kier alpha value is -0.0900. The molecular weight excluding hydrogens is 159 g/mol. The van der Waals surface area contributed by atoms with Gasteiger partial charge in [-0.2, -0.15) is 0 Å². The summed E-state index contributed by atoms with van der Waals surface area (Å²) in [7, 11) is 2.23. The van der Waals surface area contributed by atoms with Crippen molar-refractivity contribution < 1.29 is 9.05 Å². The zero-order valence-corrected chi connectivity index (χ0v) is 8.66. The standard InChI is InChI=1S/C8H15O2P/c1-8(2,3)6-7-11(9-4)10-5/h1-5H3. The molecule has 0 heterocycles. The Bertz CT molecular complexity index is 157. The summed E-state index contributed by atoms with van der Waals surface area (Å²) in [5, 5.41) is 0. The van der Waals surface area contributed by atoms with E-state index >= 15 is 0 Å². The van der Waals surface area contributed by atoms with Crippen LogP contribution in [0.1, 0.15) is 20.8 Å². The second-order valence-corrected chi connectivity index (χ2v) is 4.58. The van der Waals surface area contributed by atoms with Gasteiger partial charge in [0.05, 0.1) is 0 Å². The van der Waals surface area contributed by atoms with Crippen molar-refractivity contribution >= 4 is 8.38 Å². The van der Waals surface area contributed by atoms with Crippen molar-refractivity contribution in [1.29, 1.82) is 0 Å². The Kier molecular flexibility index (Phi) is 4.68. The fourth-order valence-corrected chi connectivity index (χ4v) is 1.14. The molecule has 11 heavy (non-hydrogen) atoms. The van der Waals surface area contributed by atoms with Crippen LogP contribution in [0.4, 0.5) is 0 Å². The normalized spacial score (nSPS) is 11.1. The van der Waals surface area contributed by atoms with Crippen LogP contribution in [-0.2, 0) is 9.05 Å². The maximum Gasteiger partial charge on any atom is 0.256 e. The number of rotatable bonds is 2. The van der Waals surface area contributed by atoms with E-state index < -0.39 is 8.38 Å². The highest BCUT2D eigenvalue weighted by atomic mass is 31.2. The van der Waals surface area contributed by atoms with Gasteiger partial charge in [0.1, 0.15) is 0 Å². The van der Waals surface area contributed by atoms with Crippen LogP contribution in [0, 0.1) is 17.0 Å². The lowest BCUT2D eigenvalue weighted by atomic mass is 9.99. The van der Waals surface area contributed by atoms with Crippen molar-refractivity contribution in [3.63, 3.8) is 0 Å². The van der Waals surface area contributed by atoms with Crippen LogP contribution in [-0.4, -0.2) is 14.2 Å². The summed E-state index contributed by atoms with van der Waals surface area (Å²) in [6.45, 7) is 6.16. The lowest BCUT2D eigenvalue weighted by Gasteiger charge is -2.08. The first kappa shape index (κ1) is 10.9. The van der Waals surface area contributed by atoms with Gasteiger partial charge in [0.2, 0.25) is 0 Å². The average molecular weight is 174 g/mol. The quantitative estimate of drug-likeness (QED) is 0.473. The molecular formula is C8H15O2P. The molecule has 0 unspecified atom stereocenters. The van der Waals surface area contributed by atoms with Gasteiger partial charge in [-0.05, 0) is 26.4 Å². The summed E-state index contributed by atoms with van der Waals surface area (Å²) in [6.07, 6.45) is 0. The Labute approximate surface area is 70.2 Å². The van der Waals surface area contributed by atoms with E-state index in [9.17, 15) is 0 Å². The SMILES string of the molecule is COP(C#CC(C)(C)C)OC. The van der Waals surface area contributed by atoms with Crippen LogP contribution in [0.15, 0.2) is 0 Å². The summed E-state index contributed by atoms with van der Waals surface area (Å²) < 4.78 is 9.93. The van der Waals surface area contributed by atoms with Gasteiger partial charge in [0.25, 0.3) is 8.38 Å². The highest BCUT2D eigenvalue weighted by Gasteiger charge is 2.06. The molecule has 0 aliphatic carbocycles. The zero-order valence-electron chi connectivity index (χ0n) is 7.76. The molecule has 0 aromatic carbocycles. The van der Waals surface area contributed by atoms with Crippen LogP contribution in [0.25, 0.3) is 0 Å². The molecule has 0 rings (SSSR count). The maximum atomic E-state index is 4.96. The van der Waals surface area contributed by atoms with Crippen molar-refractivity contribution in [2.45, 2.75) is 20.8 Å². The van der Waals surface area contributed by atoms with Gasteiger partial charge in [-0.15, -0.1) is 0 Å². The molecule has 0 N–H and O–H groups in total. The third-order valence-electron chi connectivity index (χ3n) is 0.854. The summed E-state index contributed by atoms with van der Waals surface area (Å²) in [6, 6.07) is 0. The average Bonchev–Trinajstić information content (AvgIpc) is 1.88. The monoisotopic (exact) mass is 174 g/mol. The predicted octanol–water partition coefficient (Wildman–Crippen LogP) is 2.60. The highest BCUT2D eigenvalue weighted by Crippen LogP contribution is 2.34. The Morgan fingerprint density at radius 1 is 1.09 bits per heavy atom. The summed E-state index contributed by atoms with van der Waals surface area (Å²) >= 11 is 0. The predicted molar refractivity (Wildman–Crippen MR) is 48.2 cm³/mol. The Morgan fingerprint density at radius 2 is 1.55 bits per heavy atom. The molecule has 0 bridgehead atoms. The molecule has 0 aromatic rings. The van der Waals surface area contributed by atoms with Gasteiger partial charge in [0.15, 0.2) is 0 Å².